The maximum absolute atomic E-state index is 12.4. The Morgan fingerprint density at radius 1 is 1.33 bits per heavy atom. The molecule has 0 saturated heterocycles. The third-order valence-corrected chi connectivity index (χ3v) is 4.35. The summed E-state index contributed by atoms with van der Waals surface area (Å²) in [7, 11) is 0. The van der Waals surface area contributed by atoms with Gasteiger partial charge in [-0.1, -0.05) is 18.2 Å². The number of aryl methyl sites for hydroxylation is 2. The average Bonchev–Trinajstić information content (AvgIpc) is 2.89. The van der Waals surface area contributed by atoms with Crippen LogP contribution in [0.2, 0.25) is 0 Å². The van der Waals surface area contributed by atoms with Gasteiger partial charge in [-0.15, -0.1) is 0 Å². The van der Waals surface area contributed by atoms with E-state index in [1.807, 2.05) is 23.6 Å². The zero-order valence-corrected chi connectivity index (χ0v) is 14.1. The highest BCUT2D eigenvalue weighted by Crippen LogP contribution is 2.17. The van der Waals surface area contributed by atoms with Crippen molar-refractivity contribution in [2.24, 2.45) is 0 Å². The number of pyridine rings is 1. The Balaban J connectivity index is 1.80. The van der Waals surface area contributed by atoms with Gasteiger partial charge < -0.3 is 11.1 Å². The van der Waals surface area contributed by atoms with Gasteiger partial charge in [0.1, 0.15) is 5.52 Å². The van der Waals surface area contributed by atoms with E-state index in [1.165, 1.54) is 11.1 Å². The van der Waals surface area contributed by atoms with Gasteiger partial charge in [-0.05, 0) is 43.5 Å². The zero-order chi connectivity index (χ0) is 17.3. The van der Waals surface area contributed by atoms with Crippen molar-refractivity contribution in [1.82, 2.24) is 19.9 Å². The predicted molar refractivity (Wildman–Crippen MR) is 94.7 cm³/mol. The van der Waals surface area contributed by atoms with Crippen molar-refractivity contribution >= 4 is 23.0 Å². The molecular weight excluding hydrogens is 302 g/mol. The number of aromatic nitrogens is 3. The first-order chi connectivity index (χ1) is 11.5. The molecule has 0 unspecified atom stereocenters. The minimum Gasteiger partial charge on any atom is -0.369 e. The van der Waals surface area contributed by atoms with Gasteiger partial charge in [0, 0.05) is 19.3 Å². The van der Waals surface area contributed by atoms with Crippen LogP contribution in [0.3, 0.4) is 0 Å². The Morgan fingerprint density at radius 2 is 2.12 bits per heavy atom. The van der Waals surface area contributed by atoms with Gasteiger partial charge in [0.25, 0.3) is 5.91 Å². The fraction of sp³-hybridized carbons (Fsp3) is 0.278. The number of hydrogen-bond donors (Lipinski definition) is 2. The van der Waals surface area contributed by atoms with Crippen LogP contribution in [-0.2, 0) is 13.1 Å². The smallest absolute Gasteiger partial charge is 0.253 e. The third-order valence-electron chi connectivity index (χ3n) is 4.35. The molecule has 24 heavy (non-hydrogen) atoms. The van der Waals surface area contributed by atoms with Gasteiger partial charge in [-0.3, -0.25) is 9.36 Å². The Kier molecular flexibility index (Phi) is 4.20. The van der Waals surface area contributed by atoms with E-state index in [-0.39, 0.29) is 5.91 Å². The van der Waals surface area contributed by atoms with Crippen LogP contribution < -0.4 is 11.1 Å². The lowest BCUT2D eigenvalue weighted by Gasteiger charge is -2.10. The molecule has 0 bridgehead atoms. The van der Waals surface area contributed by atoms with E-state index >= 15 is 0 Å². The molecule has 2 aromatic heterocycles. The van der Waals surface area contributed by atoms with Gasteiger partial charge in [0.2, 0.25) is 5.95 Å². The van der Waals surface area contributed by atoms with Crippen molar-refractivity contribution in [2.45, 2.75) is 33.9 Å². The second-order valence-corrected chi connectivity index (χ2v) is 5.82. The van der Waals surface area contributed by atoms with Crippen LogP contribution in [0.15, 0.2) is 30.5 Å². The van der Waals surface area contributed by atoms with Crippen molar-refractivity contribution in [3.63, 3.8) is 0 Å². The number of carbonyl (C=O) groups excluding carboxylic acids is 1. The molecule has 6 heteroatoms. The van der Waals surface area contributed by atoms with Crippen molar-refractivity contribution < 1.29 is 4.79 Å². The lowest BCUT2D eigenvalue weighted by atomic mass is 10.0. The molecular formula is C18H21N5O. The fourth-order valence-corrected chi connectivity index (χ4v) is 2.75. The van der Waals surface area contributed by atoms with Gasteiger partial charge in [-0.25, -0.2) is 9.97 Å². The molecule has 0 fully saturated rings. The van der Waals surface area contributed by atoms with E-state index < -0.39 is 0 Å². The average molecular weight is 323 g/mol. The minimum atomic E-state index is -0.171. The standard InChI is InChI=1S/C18H21N5O/c1-4-23-16-15(22-18(23)19)8-14(10-20-16)17(24)21-9-13-7-5-6-11(2)12(13)3/h5-8,10H,4,9H2,1-3H3,(H2,19,22)(H,21,24). The molecule has 0 aliphatic rings. The van der Waals surface area contributed by atoms with Crippen LogP contribution in [0.4, 0.5) is 5.95 Å². The first-order valence-corrected chi connectivity index (χ1v) is 7.96. The Labute approximate surface area is 140 Å². The number of rotatable bonds is 4. The molecule has 0 saturated carbocycles. The number of hydrogen-bond acceptors (Lipinski definition) is 4. The summed E-state index contributed by atoms with van der Waals surface area (Å²) in [6, 6.07) is 7.81. The number of benzene rings is 1. The topological polar surface area (TPSA) is 85.8 Å². The first kappa shape index (κ1) is 16.0. The number of amides is 1. The van der Waals surface area contributed by atoms with Gasteiger partial charge in [0.15, 0.2) is 5.65 Å². The maximum Gasteiger partial charge on any atom is 0.253 e. The highest BCUT2D eigenvalue weighted by molar-refractivity contribution is 5.96. The molecule has 3 aromatic rings. The Hall–Kier alpha value is -2.89. The number of nitrogens with zero attached hydrogens (tertiary/aromatic N) is 3. The van der Waals surface area contributed by atoms with Crippen LogP contribution in [0.25, 0.3) is 11.2 Å². The largest absolute Gasteiger partial charge is 0.369 e. The lowest BCUT2D eigenvalue weighted by molar-refractivity contribution is 0.0950. The lowest BCUT2D eigenvalue weighted by Crippen LogP contribution is -2.23. The monoisotopic (exact) mass is 323 g/mol. The molecule has 0 spiro atoms. The van der Waals surface area contributed by atoms with Crippen molar-refractivity contribution in [3.8, 4) is 0 Å². The summed E-state index contributed by atoms with van der Waals surface area (Å²) in [6.07, 6.45) is 1.56. The van der Waals surface area contributed by atoms with Crippen molar-refractivity contribution in [3.05, 3.63) is 52.7 Å². The summed E-state index contributed by atoms with van der Waals surface area (Å²) in [5.41, 5.74) is 11.2. The molecule has 0 aliphatic heterocycles. The molecule has 1 amide bonds. The predicted octanol–water partition coefficient (Wildman–Crippen LogP) is 2.58. The number of fused-ring (bicyclic) bond motifs is 1. The second-order valence-electron chi connectivity index (χ2n) is 5.82. The third kappa shape index (κ3) is 2.82. The molecule has 0 aliphatic carbocycles. The SMILES string of the molecule is CCn1c(N)nc2cc(C(=O)NCc3cccc(C)c3C)cnc21. The van der Waals surface area contributed by atoms with Gasteiger partial charge in [0.05, 0.1) is 5.56 Å². The highest BCUT2D eigenvalue weighted by atomic mass is 16.1. The van der Waals surface area contributed by atoms with E-state index in [9.17, 15) is 4.79 Å². The fourth-order valence-electron chi connectivity index (χ4n) is 2.75. The van der Waals surface area contributed by atoms with Crippen LogP contribution in [-0.4, -0.2) is 20.4 Å². The summed E-state index contributed by atoms with van der Waals surface area (Å²) < 4.78 is 1.81. The molecule has 3 N–H and O–H groups in total. The molecule has 3 rings (SSSR count). The molecule has 2 heterocycles. The van der Waals surface area contributed by atoms with Crippen molar-refractivity contribution in [1.29, 1.82) is 0 Å². The van der Waals surface area contributed by atoms with Crippen LogP contribution in [0, 0.1) is 13.8 Å². The second kappa shape index (κ2) is 6.31. The summed E-state index contributed by atoms with van der Waals surface area (Å²) in [5.74, 6) is 0.239. The number of anilines is 1. The summed E-state index contributed by atoms with van der Waals surface area (Å²) in [4.78, 5) is 21.0. The van der Waals surface area contributed by atoms with E-state index in [2.05, 4.69) is 35.2 Å². The van der Waals surface area contributed by atoms with Gasteiger partial charge in [-0.2, -0.15) is 0 Å². The zero-order valence-electron chi connectivity index (χ0n) is 14.1. The molecule has 0 radical (unpaired) electrons. The summed E-state index contributed by atoms with van der Waals surface area (Å²) in [5, 5.41) is 2.94. The first-order valence-electron chi connectivity index (χ1n) is 7.96. The number of imidazole rings is 1. The van der Waals surface area contributed by atoms with E-state index in [0.717, 1.165) is 5.56 Å². The van der Waals surface area contributed by atoms with E-state index in [4.69, 9.17) is 5.73 Å². The number of nitrogens with one attached hydrogen (secondary N) is 1. The molecule has 0 atom stereocenters. The normalized spacial score (nSPS) is 11.0. The van der Waals surface area contributed by atoms with E-state index in [1.54, 1.807) is 12.3 Å². The van der Waals surface area contributed by atoms with Crippen LogP contribution >= 0.6 is 0 Å². The molecule has 1 aromatic carbocycles. The maximum atomic E-state index is 12.4. The van der Waals surface area contributed by atoms with Crippen molar-refractivity contribution in [2.75, 3.05) is 5.73 Å². The van der Waals surface area contributed by atoms with Crippen LogP contribution in [0.5, 0.6) is 0 Å². The van der Waals surface area contributed by atoms with Crippen LogP contribution in [0.1, 0.15) is 34.0 Å². The summed E-state index contributed by atoms with van der Waals surface area (Å²) >= 11 is 0. The van der Waals surface area contributed by atoms with Gasteiger partial charge >= 0.3 is 0 Å². The summed E-state index contributed by atoms with van der Waals surface area (Å²) in [6.45, 7) is 7.27. The Bertz CT molecular complexity index is 913. The Morgan fingerprint density at radius 3 is 2.88 bits per heavy atom. The minimum absolute atomic E-state index is 0.171. The molecule has 6 nitrogen and oxygen atoms in total. The highest BCUT2D eigenvalue weighted by Gasteiger charge is 2.13. The molecule has 124 valence electrons. The quantitative estimate of drug-likeness (QED) is 0.772. The van der Waals surface area contributed by atoms with E-state index in [0.29, 0.717) is 35.8 Å². The number of carbonyl (C=O) groups is 1. The number of nitrogens with two attached hydrogens (primary N) is 1. The number of nitrogen functional groups attached to an aromatic ring is 1.